The van der Waals surface area contributed by atoms with Crippen molar-refractivity contribution in [2.24, 2.45) is 0 Å². The number of nitriles is 1. The quantitative estimate of drug-likeness (QED) is 0.243. The number of carbonyl (C=O) groups excluding carboxylic acids is 1. The number of nitrogens with zero attached hydrogens (tertiary/aromatic N) is 1. The lowest BCUT2D eigenvalue weighted by Crippen LogP contribution is -2.17. The minimum absolute atomic E-state index is 0.197. The number of ether oxygens (including phenoxy) is 3. The topological polar surface area (TPSA) is 68.6 Å². The molecule has 0 saturated carbocycles. The Labute approximate surface area is 173 Å². The highest BCUT2D eigenvalue weighted by Crippen LogP contribution is 2.26. The lowest BCUT2D eigenvalue weighted by atomic mass is 10.0. The smallest absolute Gasteiger partial charge is 0.349 e. The standard InChI is InChI=1S/C24H18FNO4/c1-28-22-8-4-5-9-23(22)29-16-24(27)30-19-12-10-17(11-13-19)14-18(15-26)20-6-2-3-7-21(20)25/h2-14H,16H2,1H3/b18-14-. The van der Waals surface area contributed by atoms with Crippen molar-refractivity contribution in [1.82, 2.24) is 0 Å². The number of allylic oxidation sites excluding steroid dienone is 1. The summed E-state index contributed by atoms with van der Waals surface area (Å²) in [6.45, 7) is -0.284. The van der Waals surface area contributed by atoms with Gasteiger partial charge in [0.2, 0.25) is 0 Å². The van der Waals surface area contributed by atoms with E-state index in [9.17, 15) is 14.4 Å². The Balaban J connectivity index is 1.63. The fraction of sp³-hybridized carbons (Fsp3) is 0.0833. The minimum Gasteiger partial charge on any atom is -0.493 e. The van der Waals surface area contributed by atoms with Gasteiger partial charge in [-0.2, -0.15) is 5.26 Å². The number of hydrogen-bond acceptors (Lipinski definition) is 5. The molecule has 6 heteroatoms. The van der Waals surface area contributed by atoms with E-state index in [0.29, 0.717) is 22.8 Å². The van der Waals surface area contributed by atoms with E-state index in [1.54, 1.807) is 72.8 Å². The van der Waals surface area contributed by atoms with Crippen molar-refractivity contribution in [2.45, 2.75) is 0 Å². The maximum atomic E-state index is 13.9. The van der Waals surface area contributed by atoms with Crippen LogP contribution in [-0.2, 0) is 4.79 Å². The molecule has 0 spiro atoms. The predicted octanol–water partition coefficient (Wildman–Crippen LogP) is 4.88. The molecule has 30 heavy (non-hydrogen) atoms. The third-order valence-electron chi connectivity index (χ3n) is 4.12. The van der Waals surface area contributed by atoms with Crippen LogP contribution in [-0.4, -0.2) is 19.7 Å². The van der Waals surface area contributed by atoms with Gasteiger partial charge in [-0.15, -0.1) is 0 Å². The molecule has 3 aromatic rings. The van der Waals surface area contributed by atoms with Gasteiger partial charge in [0.05, 0.1) is 18.8 Å². The summed E-state index contributed by atoms with van der Waals surface area (Å²) in [6.07, 6.45) is 1.56. The molecule has 0 heterocycles. The monoisotopic (exact) mass is 403 g/mol. The van der Waals surface area contributed by atoms with Crippen LogP contribution in [0.3, 0.4) is 0 Å². The molecule has 0 N–H and O–H groups in total. The molecule has 0 atom stereocenters. The summed E-state index contributed by atoms with van der Waals surface area (Å²) in [5, 5.41) is 9.35. The molecule has 0 aromatic heterocycles. The number of methoxy groups -OCH3 is 1. The van der Waals surface area contributed by atoms with Gasteiger partial charge in [0, 0.05) is 5.56 Å². The number of halogens is 1. The third-order valence-corrected chi connectivity index (χ3v) is 4.12. The van der Waals surface area contributed by atoms with E-state index in [4.69, 9.17) is 14.2 Å². The zero-order valence-corrected chi connectivity index (χ0v) is 16.2. The van der Waals surface area contributed by atoms with Crippen molar-refractivity contribution in [3.05, 3.63) is 89.7 Å². The summed E-state index contributed by atoms with van der Waals surface area (Å²) >= 11 is 0. The second kappa shape index (κ2) is 9.89. The van der Waals surface area contributed by atoms with Gasteiger partial charge in [-0.1, -0.05) is 42.5 Å². The van der Waals surface area contributed by atoms with Gasteiger partial charge in [0.25, 0.3) is 0 Å². The summed E-state index contributed by atoms with van der Waals surface area (Å²) in [4.78, 5) is 12.0. The Morgan fingerprint density at radius 2 is 1.67 bits per heavy atom. The summed E-state index contributed by atoms with van der Waals surface area (Å²) in [7, 11) is 1.51. The Hall–Kier alpha value is -4.11. The molecule has 0 saturated heterocycles. The molecular formula is C24H18FNO4. The Bertz CT molecular complexity index is 1100. The van der Waals surface area contributed by atoms with E-state index in [1.807, 2.05) is 6.07 Å². The maximum Gasteiger partial charge on any atom is 0.349 e. The molecule has 0 aliphatic carbocycles. The van der Waals surface area contributed by atoms with Gasteiger partial charge in [-0.05, 0) is 42.0 Å². The minimum atomic E-state index is -0.576. The van der Waals surface area contributed by atoms with E-state index in [2.05, 4.69) is 0 Å². The van der Waals surface area contributed by atoms with Crippen LogP contribution in [0.25, 0.3) is 11.6 Å². The number of esters is 1. The highest BCUT2D eigenvalue weighted by molar-refractivity contribution is 5.89. The van der Waals surface area contributed by atoms with Gasteiger partial charge >= 0.3 is 5.97 Å². The SMILES string of the molecule is COc1ccccc1OCC(=O)Oc1ccc(/C=C(/C#N)c2ccccc2F)cc1. The number of para-hydroxylation sites is 2. The molecule has 0 aliphatic heterocycles. The fourth-order valence-corrected chi connectivity index (χ4v) is 2.68. The number of benzene rings is 3. The molecule has 150 valence electrons. The van der Waals surface area contributed by atoms with E-state index in [0.717, 1.165) is 0 Å². The predicted molar refractivity (Wildman–Crippen MR) is 110 cm³/mol. The van der Waals surface area contributed by atoms with E-state index in [-0.39, 0.29) is 17.7 Å². The van der Waals surface area contributed by atoms with Crippen LogP contribution in [0.5, 0.6) is 17.2 Å². The van der Waals surface area contributed by atoms with Gasteiger partial charge < -0.3 is 14.2 Å². The highest BCUT2D eigenvalue weighted by Gasteiger charge is 2.10. The van der Waals surface area contributed by atoms with Gasteiger partial charge in [-0.3, -0.25) is 0 Å². The van der Waals surface area contributed by atoms with Crippen molar-refractivity contribution in [2.75, 3.05) is 13.7 Å². The van der Waals surface area contributed by atoms with E-state index >= 15 is 0 Å². The zero-order chi connectivity index (χ0) is 21.3. The van der Waals surface area contributed by atoms with E-state index < -0.39 is 11.8 Å². The van der Waals surface area contributed by atoms with Crippen molar-refractivity contribution in [3.63, 3.8) is 0 Å². The van der Waals surface area contributed by atoms with Crippen molar-refractivity contribution >= 4 is 17.6 Å². The Morgan fingerprint density at radius 3 is 2.33 bits per heavy atom. The highest BCUT2D eigenvalue weighted by atomic mass is 19.1. The second-order valence-corrected chi connectivity index (χ2v) is 6.13. The first-order chi connectivity index (χ1) is 14.6. The normalized spacial score (nSPS) is 10.8. The molecule has 0 fully saturated rings. The average molecular weight is 403 g/mol. The summed E-state index contributed by atoms with van der Waals surface area (Å²) < 4.78 is 29.8. The van der Waals surface area contributed by atoms with Gasteiger partial charge in [0.1, 0.15) is 11.6 Å². The number of carbonyl (C=O) groups is 1. The van der Waals surface area contributed by atoms with Crippen LogP contribution in [0.2, 0.25) is 0 Å². The molecule has 0 amide bonds. The molecule has 3 aromatic carbocycles. The van der Waals surface area contributed by atoms with Crippen molar-refractivity contribution in [3.8, 4) is 23.3 Å². The Kier molecular flexibility index (Phi) is 6.80. The summed E-state index contributed by atoms with van der Waals surface area (Å²) in [5.41, 5.74) is 1.09. The largest absolute Gasteiger partial charge is 0.493 e. The van der Waals surface area contributed by atoms with Crippen LogP contribution >= 0.6 is 0 Å². The van der Waals surface area contributed by atoms with Crippen LogP contribution in [0.4, 0.5) is 4.39 Å². The van der Waals surface area contributed by atoms with Crippen molar-refractivity contribution in [1.29, 1.82) is 5.26 Å². The molecule has 0 radical (unpaired) electrons. The molecular weight excluding hydrogens is 385 g/mol. The fourth-order valence-electron chi connectivity index (χ4n) is 2.68. The van der Waals surface area contributed by atoms with Crippen molar-refractivity contribution < 1.29 is 23.4 Å². The first kappa shape index (κ1) is 20.6. The lowest BCUT2D eigenvalue weighted by Gasteiger charge is -2.10. The van der Waals surface area contributed by atoms with Crippen LogP contribution in [0.1, 0.15) is 11.1 Å². The van der Waals surface area contributed by atoms with Gasteiger partial charge in [-0.25, -0.2) is 9.18 Å². The maximum absolute atomic E-state index is 13.9. The van der Waals surface area contributed by atoms with Crippen LogP contribution in [0.15, 0.2) is 72.8 Å². The third kappa shape index (κ3) is 5.24. The summed E-state index contributed by atoms with van der Waals surface area (Å²) in [6, 6.07) is 21.6. The molecule has 0 unspecified atom stereocenters. The van der Waals surface area contributed by atoms with Crippen LogP contribution < -0.4 is 14.2 Å². The first-order valence-electron chi connectivity index (χ1n) is 9.04. The lowest BCUT2D eigenvalue weighted by molar-refractivity contribution is -0.136. The second-order valence-electron chi connectivity index (χ2n) is 6.13. The molecule has 0 aliphatic rings. The summed E-state index contributed by atoms with van der Waals surface area (Å²) in [5.74, 6) is 0.239. The number of hydrogen-bond donors (Lipinski definition) is 0. The zero-order valence-electron chi connectivity index (χ0n) is 16.2. The molecule has 5 nitrogen and oxygen atoms in total. The van der Waals surface area contributed by atoms with Crippen LogP contribution in [0, 0.1) is 17.1 Å². The number of rotatable bonds is 7. The van der Waals surface area contributed by atoms with E-state index in [1.165, 1.54) is 13.2 Å². The van der Waals surface area contributed by atoms with Gasteiger partial charge in [0.15, 0.2) is 18.1 Å². The molecule has 3 rings (SSSR count). The average Bonchev–Trinajstić information content (AvgIpc) is 2.78. The Morgan fingerprint density at radius 1 is 1.00 bits per heavy atom. The first-order valence-corrected chi connectivity index (χ1v) is 9.04. The molecule has 0 bridgehead atoms.